The maximum absolute atomic E-state index is 0. The van der Waals surface area contributed by atoms with Gasteiger partial charge in [-0.1, -0.05) is 0 Å². The van der Waals surface area contributed by atoms with Crippen molar-refractivity contribution < 1.29 is 39.4 Å². The van der Waals surface area contributed by atoms with Crippen molar-refractivity contribution in [3.05, 3.63) is 0 Å². The average molecular weight is 333 g/mol. The van der Waals surface area contributed by atoms with Crippen molar-refractivity contribution in [1.82, 2.24) is 0 Å². The molecule has 0 saturated heterocycles. The Morgan fingerprint density at radius 2 is 1.00 bits per heavy atom. The van der Waals surface area contributed by atoms with Crippen LogP contribution in [-0.4, -0.2) is 51.4 Å². The van der Waals surface area contributed by atoms with Crippen LogP contribution in [0.15, 0.2) is 0 Å². The average Bonchev–Trinajstić information content (AvgIpc) is 0. The van der Waals surface area contributed by atoms with Gasteiger partial charge in [0.05, 0.1) is 0 Å². The zero-order valence-electron chi connectivity index (χ0n) is 0.749. The van der Waals surface area contributed by atoms with Crippen molar-refractivity contribution in [1.29, 1.82) is 0 Å². The van der Waals surface area contributed by atoms with Crippen LogP contribution < -0.4 is 0 Å². The van der Waals surface area contributed by atoms with E-state index in [0.29, 0.717) is 0 Å². The monoisotopic (exact) mass is 332 g/mol. The van der Waals surface area contributed by atoms with Gasteiger partial charge in [0.2, 0.25) is 0 Å². The Bertz CT molecular complexity index is 11.6. The third kappa shape index (κ3) is 20.1. The molecule has 0 rings (SSSR count). The Hall–Kier alpha value is 2.78. The first kappa shape index (κ1) is 46.3. The van der Waals surface area contributed by atoms with E-state index in [-0.39, 0.29) is 90.8 Å². The molecular weight excluding hydrogens is 324 g/mol. The minimum Gasteiger partial charge on any atom is -0.0149 e. The molecule has 0 aromatic rings. The van der Waals surface area contributed by atoms with Gasteiger partial charge >= 0.3 is 23.1 Å². The molecule has 0 aliphatic heterocycles. The van der Waals surface area contributed by atoms with Crippen molar-refractivity contribution in [2.75, 3.05) is 0 Å². The Labute approximate surface area is 89.5 Å². The minimum absolute atomic E-state index is 0. The van der Waals surface area contributed by atoms with Crippen LogP contribution in [0.5, 0.6) is 0 Å². The fourth-order valence-corrected chi connectivity index (χ4v) is 0. The van der Waals surface area contributed by atoms with Crippen molar-refractivity contribution in [3.8, 4) is 0 Å². The van der Waals surface area contributed by atoms with E-state index in [4.69, 9.17) is 0 Å². The molecule has 0 nitrogen and oxygen atoms in total. The fourth-order valence-electron chi connectivity index (χ4n) is 0. The van der Waals surface area contributed by atoms with Gasteiger partial charge in [-0.2, -0.15) is 0 Å². The molecule has 0 aromatic carbocycles. The Balaban J connectivity index is 0. The summed E-state index contributed by atoms with van der Waals surface area (Å²) in [5.41, 5.74) is 0. The first-order valence-electron chi connectivity index (χ1n) is 0. The van der Waals surface area contributed by atoms with Gasteiger partial charge in [-0.25, -0.2) is 0 Å². The van der Waals surface area contributed by atoms with Gasteiger partial charge in [0.25, 0.3) is 0 Å². The minimum atomic E-state index is 0. The van der Waals surface area contributed by atoms with E-state index in [1.807, 2.05) is 0 Å². The number of hydrogen-bond donors (Lipinski definition) is 0. The first-order valence-corrected chi connectivity index (χ1v) is 0. The molecule has 0 atom stereocenters. The molecule has 0 amide bonds. The Morgan fingerprint density at radius 1 is 1.00 bits per heavy atom. The molecule has 0 aliphatic carbocycles. The molecule has 5 heavy (non-hydrogen) atoms. The normalized spacial score (nSPS) is 0. The molecular formula is H9AlCuMgSiTa. The van der Waals surface area contributed by atoms with Crippen LogP contribution in [0.2, 0.25) is 0 Å². The third-order valence-electron chi connectivity index (χ3n) is 0. The molecule has 0 spiro atoms. The quantitative estimate of drug-likeness (QED) is 0.403. The number of hydrogen-bond acceptors (Lipinski definition) is 0. The summed E-state index contributed by atoms with van der Waals surface area (Å²) in [5.74, 6) is 0. The van der Waals surface area contributed by atoms with Gasteiger partial charge < -0.3 is 0 Å². The second kappa shape index (κ2) is 29.3. The van der Waals surface area contributed by atoms with Gasteiger partial charge in [-0.05, 0) is 11.0 Å². The van der Waals surface area contributed by atoms with E-state index in [2.05, 4.69) is 0 Å². The fraction of sp³-hybridized carbons (Fsp3) is 0. The summed E-state index contributed by atoms with van der Waals surface area (Å²) in [7, 11) is 0. The summed E-state index contributed by atoms with van der Waals surface area (Å²) in [5, 5.41) is 0. The van der Waals surface area contributed by atoms with E-state index in [9.17, 15) is 0 Å². The van der Waals surface area contributed by atoms with E-state index in [1.165, 1.54) is 0 Å². The topological polar surface area (TPSA) is 0 Å². The summed E-state index contributed by atoms with van der Waals surface area (Å²) in [6.45, 7) is 0. The predicted molar refractivity (Wildman–Crippen MR) is 29.8 cm³/mol. The van der Waals surface area contributed by atoms with Crippen LogP contribution in [0.1, 0.15) is 0 Å². The Kier molecular flexibility index (Phi) is 272. The molecule has 34 valence electrons. The summed E-state index contributed by atoms with van der Waals surface area (Å²) in [4.78, 5) is 0. The van der Waals surface area contributed by atoms with Crippen LogP contribution in [-0.2, 0) is 39.4 Å². The molecule has 0 heterocycles. The van der Waals surface area contributed by atoms with Crippen LogP contribution in [0.4, 0.5) is 0 Å². The van der Waals surface area contributed by atoms with Gasteiger partial charge in [-0.3, -0.25) is 0 Å². The maximum atomic E-state index is 0. The smallest absolute Gasteiger partial charge is 0.0149 e. The molecule has 0 bridgehead atoms. The van der Waals surface area contributed by atoms with E-state index < -0.39 is 0 Å². The molecule has 0 aromatic heterocycles. The Morgan fingerprint density at radius 3 is 1.00 bits per heavy atom. The van der Waals surface area contributed by atoms with Gasteiger partial charge in [-0.15, -0.1) is 0 Å². The largest absolute Gasteiger partial charge is 0.316 e. The first-order chi connectivity index (χ1) is 0. The van der Waals surface area contributed by atoms with Crippen LogP contribution in [0.3, 0.4) is 0 Å². The van der Waals surface area contributed by atoms with Crippen molar-refractivity contribution in [2.24, 2.45) is 0 Å². The molecule has 0 saturated carbocycles. The summed E-state index contributed by atoms with van der Waals surface area (Å²) >= 11 is 0. The molecule has 0 fully saturated rings. The van der Waals surface area contributed by atoms with E-state index in [1.54, 1.807) is 0 Å². The van der Waals surface area contributed by atoms with Gasteiger partial charge in [0.15, 0.2) is 17.4 Å². The SMILES string of the molecule is [AlH3].[Cu].[MgH2].[SiH4].[Ta]. The zero-order chi connectivity index (χ0) is 0. The van der Waals surface area contributed by atoms with Crippen LogP contribution in [0.25, 0.3) is 0 Å². The molecule has 2 radical (unpaired) electrons. The van der Waals surface area contributed by atoms with E-state index in [0.717, 1.165) is 0 Å². The third-order valence-corrected chi connectivity index (χ3v) is 0. The second-order valence-corrected chi connectivity index (χ2v) is 0. The number of rotatable bonds is 0. The molecule has 0 unspecified atom stereocenters. The summed E-state index contributed by atoms with van der Waals surface area (Å²) < 4.78 is 0. The molecule has 0 N–H and O–H groups in total. The predicted octanol–water partition coefficient (Wildman–Crippen LogP) is -3.56. The molecule has 5 heteroatoms. The second-order valence-electron chi connectivity index (χ2n) is 0. The zero-order valence-corrected chi connectivity index (χ0v) is 4.90. The van der Waals surface area contributed by atoms with Crippen LogP contribution in [0, 0.1) is 0 Å². The van der Waals surface area contributed by atoms with Crippen molar-refractivity contribution >= 4 is 51.4 Å². The standard InChI is InChI=1S/Al.Cu.Mg.H4Si.Ta.5H/h;;;1H4;;;;;;. The molecule has 0 aliphatic rings. The maximum Gasteiger partial charge on any atom is 0.316 e. The summed E-state index contributed by atoms with van der Waals surface area (Å²) in [6, 6.07) is 0. The van der Waals surface area contributed by atoms with Crippen LogP contribution >= 0.6 is 0 Å². The van der Waals surface area contributed by atoms with Crippen molar-refractivity contribution in [2.45, 2.75) is 0 Å². The van der Waals surface area contributed by atoms with Gasteiger partial charge in [0.1, 0.15) is 0 Å². The van der Waals surface area contributed by atoms with Crippen molar-refractivity contribution in [3.63, 3.8) is 0 Å². The van der Waals surface area contributed by atoms with E-state index >= 15 is 0 Å². The van der Waals surface area contributed by atoms with Gasteiger partial charge in [0, 0.05) is 39.4 Å². The summed E-state index contributed by atoms with van der Waals surface area (Å²) in [6.07, 6.45) is 0.